The Morgan fingerprint density at radius 2 is 1.89 bits per heavy atom. The zero-order valence-corrected chi connectivity index (χ0v) is 16.2. The van der Waals surface area contributed by atoms with E-state index in [9.17, 15) is 14.4 Å². The fourth-order valence-corrected chi connectivity index (χ4v) is 2.83. The summed E-state index contributed by atoms with van der Waals surface area (Å²) in [5.74, 6) is -2.25. The molecule has 0 amide bonds. The molecule has 1 aromatic carbocycles. The van der Waals surface area contributed by atoms with Gasteiger partial charge in [0.15, 0.2) is 0 Å². The van der Waals surface area contributed by atoms with Crippen molar-refractivity contribution >= 4 is 23.2 Å². The molecule has 146 valence electrons. The molecule has 0 atom stereocenters. The molecule has 8 heteroatoms. The maximum atomic E-state index is 12.7. The van der Waals surface area contributed by atoms with Gasteiger partial charge in [-0.05, 0) is 45.2 Å². The molecular weight excluding hydrogens is 362 g/mol. The van der Waals surface area contributed by atoms with E-state index in [4.69, 9.17) is 9.57 Å². The van der Waals surface area contributed by atoms with Gasteiger partial charge in [0, 0.05) is 17.3 Å². The molecule has 1 aliphatic carbocycles. The first kappa shape index (κ1) is 19.5. The first-order chi connectivity index (χ1) is 13.2. The van der Waals surface area contributed by atoms with Crippen LogP contribution in [0, 0.1) is 5.41 Å². The number of fused-ring (bicyclic) bond motifs is 1. The number of hydrogen-bond acceptors (Lipinski definition) is 7. The summed E-state index contributed by atoms with van der Waals surface area (Å²) in [6, 6.07) is 5.03. The highest BCUT2D eigenvalue weighted by atomic mass is 16.6. The Morgan fingerprint density at radius 3 is 2.57 bits per heavy atom. The lowest BCUT2D eigenvalue weighted by Gasteiger charge is -2.15. The van der Waals surface area contributed by atoms with Crippen molar-refractivity contribution in [3.05, 3.63) is 46.6 Å². The number of benzene rings is 1. The number of ketones is 2. The molecule has 0 aliphatic heterocycles. The lowest BCUT2D eigenvalue weighted by molar-refractivity contribution is -0.143. The van der Waals surface area contributed by atoms with Crippen LogP contribution in [-0.2, 0) is 16.1 Å². The van der Waals surface area contributed by atoms with Crippen molar-refractivity contribution in [3.63, 3.8) is 0 Å². The second kappa shape index (κ2) is 7.38. The number of hydrogen-bond donors (Lipinski definition) is 1. The molecule has 8 nitrogen and oxygen atoms in total. The van der Waals surface area contributed by atoms with Gasteiger partial charge in [0.1, 0.15) is 12.7 Å². The topological polar surface area (TPSA) is 111 Å². The molecule has 0 unspecified atom stereocenters. The van der Waals surface area contributed by atoms with Crippen LogP contribution < -0.4 is 4.74 Å². The summed E-state index contributed by atoms with van der Waals surface area (Å²) in [4.78, 5) is 42.3. The second-order valence-corrected chi connectivity index (χ2v) is 7.49. The number of H-pyrrole nitrogens is 1. The number of nitrogens with zero attached hydrogens (tertiary/aromatic N) is 2. The van der Waals surface area contributed by atoms with Gasteiger partial charge in [-0.25, -0.2) is 0 Å². The Labute approximate surface area is 161 Å². The molecule has 3 rings (SSSR count). The SMILES string of the molecule is CON=C1CCc2cc(C(=O)C(=O)c3c[nH]nc3OC(=O)C(C)(C)C)ccc21. The second-order valence-electron chi connectivity index (χ2n) is 7.49. The summed E-state index contributed by atoms with van der Waals surface area (Å²) >= 11 is 0. The molecule has 0 saturated carbocycles. The summed E-state index contributed by atoms with van der Waals surface area (Å²) < 4.78 is 5.19. The lowest BCUT2D eigenvalue weighted by atomic mass is 9.97. The number of aryl methyl sites for hydroxylation is 1. The maximum Gasteiger partial charge on any atom is 0.318 e. The predicted octanol–water partition coefficient (Wildman–Crippen LogP) is 2.72. The fourth-order valence-electron chi connectivity index (χ4n) is 2.83. The summed E-state index contributed by atoms with van der Waals surface area (Å²) in [6.45, 7) is 5.04. The van der Waals surface area contributed by atoms with E-state index in [1.54, 1.807) is 39.0 Å². The van der Waals surface area contributed by atoms with Gasteiger partial charge < -0.3 is 9.57 Å². The molecule has 1 aliphatic rings. The number of ether oxygens (including phenoxy) is 1. The largest absolute Gasteiger partial charge is 0.405 e. The van der Waals surface area contributed by atoms with E-state index in [0.29, 0.717) is 12.8 Å². The molecule has 0 spiro atoms. The number of carbonyl (C=O) groups is 3. The van der Waals surface area contributed by atoms with E-state index in [2.05, 4.69) is 15.4 Å². The number of Topliss-reactive ketones (excluding diaryl/α,β-unsaturated/α-hetero) is 2. The van der Waals surface area contributed by atoms with Crippen LogP contribution in [0.2, 0.25) is 0 Å². The molecule has 0 radical (unpaired) electrons. The quantitative estimate of drug-likeness (QED) is 0.368. The minimum atomic E-state index is -0.797. The zero-order valence-electron chi connectivity index (χ0n) is 16.2. The average Bonchev–Trinajstić information content (AvgIpc) is 3.27. The Morgan fingerprint density at radius 1 is 1.14 bits per heavy atom. The monoisotopic (exact) mass is 383 g/mol. The van der Waals surface area contributed by atoms with Crippen LogP contribution in [0.3, 0.4) is 0 Å². The molecule has 0 saturated heterocycles. The number of nitrogens with one attached hydrogen (secondary N) is 1. The third kappa shape index (κ3) is 3.71. The summed E-state index contributed by atoms with van der Waals surface area (Å²) in [5.41, 5.74) is 2.07. The minimum absolute atomic E-state index is 0.0790. The summed E-state index contributed by atoms with van der Waals surface area (Å²) in [7, 11) is 1.48. The molecule has 1 N–H and O–H groups in total. The van der Waals surface area contributed by atoms with E-state index >= 15 is 0 Å². The molecule has 0 bridgehead atoms. The highest BCUT2D eigenvalue weighted by Gasteiger charge is 2.30. The van der Waals surface area contributed by atoms with Crippen LogP contribution in [0.15, 0.2) is 29.6 Å². The Bertz CT molecular complexity index is 982. The first-order valence-corrected chi connectivity index (χ1v) is 8.80. The van der Waals surface area contributed by atoms with Crippen LogP contribution in [-0.4, -0.2) is 40.6 Å². The van der Waals surface area contributed by atoms with Crippen molar-refractivity contribution in [2.75, 3.05) is 7.11 Å². The molecule has 0 fully saturated rings. The average molecular weight is 383 g/mol. The van der Waals surface area contributed by atoms with Gasteiger partial charge in [0.2, 0.25) is 11.6 Å². The number of aromatic amines is 1. The highest BCUT2D eigenvalue weighted by Crippen LogP contribution is 2.26. The number of carbonyl (C=O) groups excluding carboxylic acids is 3. The van der Waals surface area contributed by atoms with Crippen molar-refractivity contribution in [1.29, 1.82) is 0 Å². The van der Waals surface area contributed by atoms with Crippen LogP contribution in [0.25, 0.3) is 0 Å². The van der Waals surface area contributed by atoms with E-state index < -0.39 is 23.0 Å². The van der Waals surface area contributed by atoms with E-state index in [0.717, 1.165) is 16.8 Å². The van der Waals surface area contributed by atoms with Gasteiger partial charge in [-0.2, -0.15) is 0 Å². The minimum Gasteiger partial charge on any atom is -0.405 e. The van der Waals surface area contributed by atoms with Crippen molar-refractivity contribution in [3.8, 4) is 5.88 Å². The van der Waals surface area contributed by atoms with Crippen molar-refractivity contribution in [2.45, 2.75) is 33.6 Å². The number of oxime groups is 1. The molecule has 1 heterocycles. The van der Waals surface area contributed by atoms with E-state index in [1.807, 2.05) is 0 Å². The van der Waals surface area contributed by atoms with Crippen LogP contribution in [0.4, 0.5) is 0 Å². The first-order valence-electron chi connectivity index (χ1n) is 8.80. The Kier molecular flexibility index (Phi) is 5.13. The van der Waals surface area contributed by atoms with E-state index in [1.165, 1.54) is 13.3 Å². The fraction of sp³-hybridized carbons (Fsp3) is 0.350. The molecule has 2 aromatic rings. The van der Waals surface area contributed by atoms with Gasteiger partial charge in [-0.15, -0.1) is 5.10 Å². The van der Waals surface area contributed by atoms with Crippen LogP contribution >= 0.6 is 0 Å². The third-order valence-corrected chi connectivity index (χ3v) is 4.37. The predicted molar refractivity (Wildman–Crippen MR) is 101 cm³/mol. The normalized spacial score (nSPS) is 14.6. The smallest absolute Gasteiger partial charge is 0.318 e. The Balaban J connectivity index is 1.84. The summed E-state index contributed by atoms with van der Waals surface area (Å²) in [5, 5.41) is 10.2. The Hall–Kier alpha value is -3.29. The molecule has 28 heavy (non-hydrogen) atoms. The van der Waals surface area contributed by atoms with Crippen molar-refractivity contribution in [2.24, 2.45) is 10.6 Å². The standard InChI is InChI=1S/C20H21N3O5/c1-20(2,3)19(26)28-18-14(10-21-22-18)17(25)16(24)12-5-7-13-11(9-12)6-8-15(13)23-27-4/h5,7,9-10H,6,8H2,1-4H3,(H,21,22). The number of rotatable bonds is 5. The highest BCUT2D eigenvalue weighted by molar-refractivity contribution is 6.49. The van der Waals surface area contributed by atoms with Gasteiger partial charge in [-0.1, -0.05) is 17.3 Å². The molecular formula is C20H21N3O5. The number of esters is 1. The van der Waals surface area contributed by atoms with Crippen LogP contribution in [0.5, 0.6) is 5.88 Å². The van der Waals surface area contributed by atoms with Gasteiger partial charge in [0.05, 0.1) is 11.1 Å². The van der Waals surface area contributed by atoms with Gasteiger partial charge in [0.25, 0.3) is 5.88 Å². The van der Waals surface area contributed by atoms with Crippen LogP contribution in [0.1, 0.15) is 59.0 Å². The van der Waals surface area contributed by atoms with E-state index in [-0.39, 0.29) is 17.0 Å². The lowest BCUT2D eigenvalue weighted by Crippen LogP contribution is -2.26. The van der Waals surface area contributed by atoms with Gasteiger partial charge in [-0.3, -0.25) is 19.5 Å². The molecule has 1 aromatic heterocycles. The van der Waals surface area contributed by atoms with Crippen molar-refractivity contribution in [1.82, 2.24) is 10.2 Å². The van der Waals surface area contributed by atoms with Gasteiger partial charge >= 0.3 is 5.97 Å². The zero-order chi connectivity index (χ0) is 20.5. The number of aromatic nitrogens is 2. The third-order valence-electron chi connectivity index (χ3n) is 4.37. The summed E-state index contributed by atoms with van der Waals surface area (Å²) in [6.07, 6.45) is 2.68. The van der Waals surface area contributed by atoms with Crippen molar-refractivity contribution < 1.29 is 24.0 Å². The maximum absolute atomic E-state index is 12.7.